The first-order chi connectivity index (χ1) is 10.1. The molecule has 1 heterocycles. The number of hydrogen-bond acceptors (Lipinski definition) is 5. The van der Waals surface area contributed by atoms with Crippen LogP contribution in [0.5, 0.6) is 11.5 Å². The lowest BCUT2D eigenvalue weighted by molar-refractivity contribution is -0.143. The molecule has 2 rings (SSSR count). The van der Waals surface area contributed by atoms with Gasteiger partial charge >= 0.3 is 5.97 Å². The van der Waals surface area contributed by atoms with E-state index in [0.717, 1.165) is 5.56 Å². The Morgan fingerprint density at radius 2 is 2.05 bits per heavy atom. The van der Waals surface area contributed by atoms with Crippen molar-refractivity contribution in [2.24, 2.45) is 0 Å². The second kappa shape index (κ2) is 6.94. The number of hydrogen-bond donors (Lipinski definition) is 2. The molecule has 0 saturated heterocycles. The molecule has 7 heteroatoms. The molecular weight excluding hydrogens is 278 g/mol. The van der Waals surface area contributed by atoms with E-state index >= 15 is 0 Å². The van der Waals surface area contributed by atoms with Gasteiger partial charge in [-0.05, 0) is 17.7 Å². The molecule has 1 amide bonds. The first-order valence-corrected chi connectivity index (χ1v) is 6.50. The molecule has 1 aromatic rings. The summed E-state index contributed by atoms with van der Waals surface area (Å²) >= 11 is 0. The molecule has 1 aromatic carbocycles. The van der Waals surface area contributed by atoms with Gasteiger partial charge in [0.05, 0.1) is 13.0 Å². The fraction of sp³-hybridized carbons (Fsp3) is 0.429. The summed E-state index contributed by atoms with van der Waals surface area (Å²) in [5, 5.41) is 11.4. The predicted octanol–water partition coefficient (Wildman–Crippen LogP) is 0.216. The number of rotatable bonds is 6. The normalized spacial score (nSPS) is 14.3. The summed E-state index contributed by atoms with van der Waals surface area (Å²) in [7, 11) is 1.38. The van der Waals surface area contributed by atoms with Crippen LogP contribution in [-0.2, 0) is 20.7 Å². The Labute approximate surface area is 121 Å². The third kappa shape index (κ3) is 4.09. The molecule has 0 fully saturated rings. The van der Waals surface area contributed by atoms with Crippen LogP contribution in [0.15, 0.2) is 18.2 Å². The van der Waals surface area contributed by atoms with Gasteiger partial charge in [0.25, 0.3) is 0 Å². The number of carboxylic acid groups (broad SMARTS) is 1. The van der Waals surface area contributed by atoms with E-state index in [9.17, 15) is 9.59 Å². The van der Waals surface area contributed by atoms with Crippen LogP contribution < -0.4 is 14.8 Å². The van der Waals surface area contributed by atoms with E-state index in [0.29, 0.717) is 24.7 Å². The monoisotopic (exact) mass is 295 g/mol. The second-order valence-corrected chi connectivity index (χ2v) is 4.57. The average Bonchev–Trinajstić information content (AvgIpc) is 2.46. The van der Waals surface area contributed by atoms with Crippen LogP contribution in [0.4, 0.5) is 0 Å². The molecule has 0 aromatic heterocycles. The SMILES string of the molecule is COCC(NC(=O)Cc1ccc2c(c1)OCCO2)C(=O)O. The maximum Gasteiger partial charge on any atom is 0.328 e. The predicted molar refractivity (Wildman–Crippen MR) is 72.6 cm³/mol. The summed E-state index contributed by atoms with van der Waals surface area (Å²) < 4.78 is 15.6. The number of carbonyl (C=O) groups is 2. The van der Waals surface area contributed by atoms with E-state index in [-0.39, 0.29) is 13.0 Å². The van der Waals surface area contributed by atoms with Crippen molar-refractivity contribution < 1.29 is 28.9 Å². The molecule has 0 saturated carbocycles. The number of carbonyl (C=O) groups excluding carboxylic acids is 1. The smallest absolute Gasteiger partial charge is 0.328 e. The molecule has 21 heavy (non-hydrogen) atoms. The lowest BCUT2D eigenvalue weighted by Gasteiger charge is -2.19. The molecule has 1 atom stereocenters. The highest BCUT2D eigenvalue weighted by Gasteiger charge is 2.20. The summed E-state index contributed by atoms with van der Waals surface area (Å²) in [5.74, 6) is -0.282. The van der Waals surface area contributed by atoms with Gasteiger partial charge in [0, 0.05) is 7.11 Å². The van der Waals surface area contributed by atoms with Crippen LogP contribution in [0.3, 0.4) is 0 Å². The largest absolute Gasteiger partial charge is 0.486 e. The lowest BCUT2D eigenvalue weighted by Crippen LogP contribution is -2.44. The summed E-state index contributed by atoms with van der Waals surface area (Å²) in [5.41, 5.74) is 0.721. The van der Waals surface area contributed by atoms with Gasteiger partial charge in [0.1, 0.15) is 13.2 Å². The maximum absolute atomic E-state index is 11.9. The van der Waals surface area contributed by atoms with Crippen LogP contribution in [0.1, 0.15) is 5.56 Å². The van der Waals surface area contributed by atoms with Crippen molar-refractivity contribution in [3.05, 3.63) is 23.8 Å². The van der Waals surface area contributed by atoms with Gasteiger partial charge in [-0.2, -0.15) is 0 Å². The Balaban J connectivity index is 1.97. The summed E-state index contributed by atoms with van der Waals surface area (Å²) in [6, 6.07) is 4.15. The van der Waals surface area contributed by atoms with Crippen LogP contribution >= 0.6 is 0 Å². The van der Waals surface area contributed by atoms with E-state index in [2.05, 4.69) is 5.32 Å². The van der Waals surface area contributed by atoms with Crippen LogP contribution in [0.25, 0.3) is 0 Å². The fourth-order valence-corrected chi connectivity index (χ4v) is 1.97. The molecule has 0 spiro atoms. The van der Waals surface area contributed by atoms with Crippen molar-refractivity contribution in [1.82, 2.24) is 5.32 Å². The number of aliphatic carboxylic acids is 1. The Kier molecular flexibility index (Phi) is 4.99. The molecule has 2 N–H and O–H groups in total. The first-order valence-electron chi connectivity index (χ1n) is 6.50. The minimum atomic E-state index is -1.13. The zero-order valence-corrected chi connectivity index (χ0v) is 11.6. The number of nitrogens with one attached hydrogen (secondary N) is 1. The van der Waals surface area contributed by atoms with Crippen molar-refractivity contribution in [3.63, 3.8) is 0 Å². The Morgan fingerprint density at radius 1 is 1.33 bits per heavy atom. The summed E-state index contributed by atoms with van der Waals surface area (Å²) in [6.45, 7) is 0.893. The topological polar surface area (TPSA) is 94.1 Å². The van der Waals surface area contributed by atoms with E-state index in [4.69, 9.17) is 19.3 Å². The van der Waals surface area contributed by atoms with E-state index in [1.165, 1.54) is 7.11 Å². The highest BCUT2D eigenvalue weighted by atomic mass is 16.6. The van der Waals surface area contributed by atoms with Gasteiger partial charge in [-0.1, -0.05) is 6.07 Å². The van der Waals surface area contributed by atoms with Crippen molar-refractivity contribution in [2.45, 2.75) is 12.5 Å². The van der Waals surface area contributed by atoms with Crippen molar-refractivity contribution in [2.75, 3.05) is 26.9 Å². The van der Waals surface area contributed by atoms with Crippen molar-refractivity contribution in [1.29, 1.82) is 0 Å². The van der Waals surface area contributed by atoms with Gasteiger partial charge in [-0.15, -0.1) is 0 Å². The zero-order valence-electron chi connectivity index (χ0n) is 11.6. The number of amides is 1. The van der Waals surface area contributed by atoms with E-state index in [1.54, 1.807) is 18.2 Å². The van der Waals surface area contributed by atoms with Gasteiger partial charge in [0.15, 0.2) is 17.5 Å². The zero-order chi connectivity index (χ0) is 15.2. The number of fused-ring (bicyclic) bond motifs is 1. The molecule has 0 radical (unpaired) electrons. The maximum atomic E-state index is 11.9. The average molecular weight is 295 g/mol. The number of benzene rings is 1. The second-order valence-electron chi connectivity index (χ2n) is 4.57. The standard InChI is InChI=1S/C14H17NO6/c1-19-8-10(14(17)18)15-13(16)7-9-2-3-11-12(6-9)21-5-4-20-11/h2-3,6,10H,4-5,7-8H2,1H3,(H,15,16)(H,17,18). The molecule has 0 aliphatic carbocycles. The van der Waals surface area contributed by atoms with Gasteiger partial charge in [-0.3, -0.25) is 4.79 Å². The Morgan fingerprint density at radius 3 is 2.71 bits per heavy atom. The minimum absolute atomic E-state index is 0.0597. The quantitative estimate of drug-likeness (QED) is 0.779. The van der Waals surface area contributed by atoms with Crippen LogP contribution in [0.2, 0.25) is 0 Å². The summed E-state index contributed by atoms with van der Waals surface area (Å²) in [6.07, 6.45) is 0.0597. The number of ether oxygens (including phenoxy) is 3. The van der Waals surface area contributed by atoms with Crippen LogP contribution in [0, 0.1) is 0 Å². The molecule has 1 unspecified atom stereocenters. The van der Waals surface area contributed by atoms with Crippen molar-refractivity contribution in [3.8, 4) is 11.5 Å². The molecule has 1 aliphatic rings. The third-order valence-corrected chi connectivity index (χ3v) is 2.94. The van der Waals surface area contributed by atoms with Crippen LogP contribution in [-0.4, -0.2) is 50.0 Å². The molecular formula is C14H17NO6. The Hall–Kier alpha value is -2.28. The van der Waals surface area contributed by atoms with Gasteiger partial charge in [0.2, 0.25) is 5.91 Å². The molecule has 114 valence electrons. The highest BCUT2D eigenvalue weighted by molar-refractivity contribution is 5.85. The fourth-order valence-electron chi connectivity index (χ4n) is 1.97. The third-order valence-electron chi connectivity index (χ3n) is 2.94. The van der Waals surface area contributed by atoms with E-state index < -0.39 is 17.9 Å². The number of carboxylic acids is 1. The molecule has 7 nitrogen and oxygen atoms in total. The van der Waals surface area contributed by atoms with Gasteiger partial charge < -0.3 is 24.6 Å². The molecule has 0 bridgehead atoms. The van der Waals surface area contributed by atoms with Gasteiger partial charge in [-0.25, -0.2) is 4.79 Å². The van der Waals surface area contributed by atoms with Crippen molar-refractivity contribution >= 4 is 11.9 Å². The Bertz CT molecular complexity index is 530. The number of methoxy groups -OCH3 is 1. The minimum Gasteiger partial charge on any atom is -0.486 e. The highest BCUT2D eigenvalue weighted by Crippen LogP contribution is 2.30. The summed E-state index contributed by atoms with van der Waals surface area (Å²) in [4.78, 5) is 22.8. The van der Waals surface area contributed by atoms with E-state index in [1.807, 2.05) is 0 Å². The first kappa shape index (κ1) is 15.1. The molecule has 1 aliphatic heterocycles. The lowest BCUT2D eigenvalue weighted by atomic mass is 10.1.